The van der Waals surface area contributed by atoms with Gasteiger partial charge in [-0.3, -0.25) is 14.6 Å². The van der Waals surface area contributed by atoms with Crippen LogP contribution in [0.2, 0.25) is 0 Å². The van der Waals surface area contributed by atoms with E-state index in [4.69, 9.17) is 0 Å². The van der Waals surface area contributed by atoms with E-state index in [1.54, 1.807) is 19.4 Å². The number of para-hydroxylation sites is 1. The molecule has 0 aliphatic heterocycles. The molecule has 6 heteroatoms. The molecule has 6 nitrogen and oxygen atoms in total. The summed E-state index contributed by atoms with van der Waals surface area (Å²) in [6.07, 6.45) is 3.29. The van der Waals surface area contributed by atoms with E-state index < -0.39 is 0 Å². The third kappa shape index (κ3) is 2.47. The number of nitrogens with one attached hydrogen (secondary N) is 1. The van der Waals surface area contributed by atoms with E-state index in [-0.39, 0.29) is 11.5 Å². The molecule has 3 heterocycles. The predicted molar refractivity (Wildman–Crippen MR) is 101 cm³/mol. The van der Waals surface area contributed by atoms with E-state index in [2.05, 4.69) is 10.3 Å². The highest BCUT2D eigenvalue weighted by atomic mass is 16.2. The van der Waals surface area contributed by atoms with E-state index in [1.165, 1.54) is 4.57 Å². The Morgan fingerprint density at radius 3 is 2.65 bits per heavy atom. The van der Waals surface area contributed by atoms with E-state index in [1.807, 2.05) is 54.1 Å². The maximum absolute atomic E-state index is 12.9. The summed E-state index contributed by atoms with van der Waals surface area (Å²) in [5.41, 5.74) is 2.58. The Morgan fingerprint density at radius 1 is 1.12 bits per heavy atom. The average molecular weight is 346 g/mol. The third-order valence-corrected chi connectivity index (χ3v) is 4.62. The van der Waals surface area contributed by atoms with Crippen molar-refractivity contribution in [3.63, 3.8) is 0 Å². The lowest BCUT2D eigenvalue weighted by molar-refractivity contribution is 0.0951. The number of carbonyl (C=O) groups is 1. The summed E-state index contributed by atoms with van der Waals surface area (Å²) in [6, 6.07) is 13.3. The molecule has 26 heavy (non-hydrogen) atoms. The molecule has 1 aromatic carbocycles. The van der Waals surface area contributed by atoms with E-state index in [0.29, 0.717) is 23.0 Å². The highest BCUT2D eigenvalue weighted by Crippen LogP contribution is 2.28. The second kappa shape index (κ2) is 6.15. The van der Waals surface area contributed by atoms with Crippen molar-refractivity contribution in [2.75, 3.05) is 0 Å². The van der Waals surface area contributed by atoms with E-state index in [0.717, 1.165) is 16.6 Å². The highest BCUT2D eigenvalue weighted by molar-refractivity contribution is 6.17. The standard InChI is InChI=1S/C20H18N4O2/c1-23-12-15(19(25)22-11-13-7-5-6-10-21-13)17-14-8-3-4-9-16(14)24(2)18(17)20(23)26/h3-10,12H,11H2,1-2H3,(H,22,25). The van der Waals surface area contributed by atoms with Gasteiger partial charge in [0.25, 0.3) is 11.5 Å². The number of carbonyl (C=O) groups excluding carboxylic acids is 1. The van der Waals surface area contributed by atoms with Gasteiger partial charge in [0.1, 0.15) is 5.52 Å². The zero-order chi connectivity index (χ0) is 18.3. The van der Waals surface area contributed by atoms with Crippen molar-refractivity contribution in [1.29, 1.82) is 0 Å². The fourth-order valence-corrected chi connectivity index (χ4v) is 3.34. The number of aromatic nitrogens is 3. The summed E-state index contributed by atoms with van der Waals surface area (Å²) in [6.45, 7) is 0.328. The monoisotopic (exact) mass is 346 g/mol. The number of hydrogen-bond donors (Lipinski definition) is 1. The number of fused-ring (bicyclic) bond motifs is 3. The number of amides is 1. The Bertz CT molecular complexity index is 1190. The maximum Gasteiger partial charge on any atom is 0.274 e. The molecular weight excluding hydrogens is 328 g/mol. The Labute approximate surface area is 149 Å². The van der Waals surface area contributed by atoms with Crippen LogP contribution in [0.25, 0.3) is 21.8 Å². The number of rotatable bonds is 3. The predicted octanol–water partition coefficient (Wildman–Crippen LogP) is 2.36. The Balaban J connectivity index is 1.87. The zero-order valence-corrected chi connectivity index (χ0v) is 14.6. The summed E-state index contributed by atoms with van der Waals surface area (Å²) < 4.78 is 3.30. The molecule has 0 saturated carbocycles. The molecule has 0 aliphatic carbocycles. The molecule has 3 aromatic heterocycles. The first kappa shape index (κ1) is 16.1. The van der Waals surface area contributed by atoms with Gasteiger partial charge in [0.05, 0.1) is 17.8 Å². The van der Waals surface area contributed by atoms with Crippen molar-refractivity contribution in [2.45, 2.75) is 6.54 Å². The summed E-state index contributed by atoms with van der Waals surface area (Å²) in [4.78, 5) is 29.8. The van der Waals surface area contributed by atoms with Crippen LogP contribution in [0.15, 0.2) is 59.7 Å². The summed E-state index contributed by atoms with van der Waals surface area (Å²) in [7, 11) is 3.51. The van der Waals surface area contributed by atoms with Gasteiger partial charge in [-0.15, -0.1) is 0 Å². The van der Waals surface area contributed by atoms with Crippen LogP contribution in [0.1, 0.15) is 16.1 Å². The zero-order valence-electron chi connectivity index (χ0n) is 14.6. The molecule has 0 radical (unpaired) electrons. The fraction of sp³-hybridized carbons (Fsp3) is 0.150. The Morgan fingerprint density at radius 2 is 1.88 bits per heavy atom. The molecule has 0 fully saturated rings. The summed E-state index contributed by atoms with van der Waals surface area (Å²) >= 11 is 0. The molecule has 0 unspecified atom stereocenters. The van der Waals surface area contributed by atoms with Crippen molar-refractivity contribution < 1.29 is 4.79 Å². The minimum absolute atomic E-state index is 0.125. The smallest absolute Gasteiger partial charge is 0.274 e. The SMILES string of the molecule is Cn1cc(C(=O)NCc2ccccn2)c2c3ccccc3n(C)c2c1=O. The Kier molecular flexibility index (Phi) is 3.80. The summed E-state index contributed by atoms with van der Waals surface area (Å²) in [5, 5.41) is 4.48. The quantitative estimate of drug-likeness (QED) is 0.619. The molecular formula is C20H18N4O2. The van der Waals surface area contributed by atoms with Gasteiger partial charge in [0.15, 0.2) is 0 Å². The first-order valence-electron chi connectivity index (χ1n) is 8.33. The van der Waals surface area contributed by atoms with Crippen LogP contribution in [0, 0.1) is 0 Å². The number of benzene rings is 1. The fourth-order valence-electron chi connectivity index (χ4n) is 3.34. The van der Waals surface area contributed by atoms with Crippen molar-refractivity contribution in [2.24, 2.45) is 14.1 Å². The normalized spacial score (nSPS) is 11.2. The molecule has 0 saturated heterocycles. The minimum Gasteiger partial charge on any atom is -0.346 e. The second-order valence-electron chi connectivity index (χ2n) is 6.26. The highest BCUT2D eigenvalue weighted by Gasteiger charge is 2.20. The molecule has 0 bridgehead atoms. The van der Waals surface area contributed by atoms with Crippen LogP contribution < -0.4 is 10.9 Å². The van der Waals surface area contributed by atoms with Gasteiger partial charge in [-0.05, 0) is 18.2 Å². The molecule has 1 amide bonds. The van der Waals surface area contributed by atoms with Gasteiger partial charge in [-0.2, -0.15) is 0 Å². The van der Waals surface area contributed by atoms with E-state index >= 15 is 0 Å². The van der Waals surface area contributed by atoms with Crippen molar-refractivity contribution in [3.8, 4) is 0 Å². The van der Waals surface area contributed by atoms with E-state index in [9.17, 15) is 9.59 Å². The van der Waals surface area contributed by atoms with Gasteiger partial charge < -0.3 is 14.5 Å². The average Bonchev–Trinajstić information content (AvgIpc) is 2.97. The molecule has 0 atom stereocenters. The van der Waals surface area contributed by atoms with Crippen molar-refractivity contribution >= 4 is 27.7 Å². The lowest BCUT2D eigenvalue weighted by Gasteiger charge is -2.09. The second-order valence-corrected chi connectivity index (χ2v) is 6.26. The van der Waals surface area contributed by atoms with Crippen LogP contribution in [0.5, 0.6) is 0 Å². The van der Waals surface area contributed by atoms with Gasteiger partial charge >= 0.3 is 0 Å². The topological polar surface area (TPSA) is 68.9 Å². The maximum atomic E-state index is 12.9. The molecule has 1 N–H and O–H groups in total. The number of pyridine rings is 2. The van der Waals surface area contributed by atoms with Crippen LogP contribution in [0.4, 0.5) is 0 Å². The van der Waals surface area contributed by atoms with Crippen LogP contribution >= 0.6 is 0 Å². The van der Waals surface area contributed by atoms with Gasteiger partial charge in [0, 0.05) is 42.8 Å². The first-order valence-corrected chi connectivity index (χ1v) is 8.33. The number of nitrogens with zero attached hydrogens (tertiary/aromatic N) is 3. The summed E-state index contributed by atoms with van der Waals surface area (Å²) in [5.74, 6) is -0.229. The van der Waals surface area contributed by atoms with Crippen LogP contribution in [0.3, 0.4) is 0 Å². The van der Waals surface area contributed by atoms with Crippen molar-refractivity contribution in [3.05, 3.63) is 76.5 Å². The van der Waals surface area contributed by atoms with Crippen LogP contribution in [-0.2, 0) is 20.6 Å². The first-order chi connectivity index (χ1) is 12.6. The van der Waals surface area contributed by atoms with Gasteiger partial charge in [0.2, 0.25) is 0 Å². The Hall–Kier alpha value is -3.41. The lowest BCUT2D eigenvalue weighted by atomic mass is 10.1. The molecule has 130 valence electrons. The molecule has 4 rings (SSSR count). The molecule has 4 aromatic rings. The lowest BCUT2D eigenvalue weighted by Crippen LogP contribution is -2.27. The molecule has 0 aliphatic rings. The number of aryl methyl sites for hydroxylation is 2. The van der Waals surface area contributed by atoms with Crippen LogP contribution in [-0.4, -0.2) is 20.0 Å². The third-order valence-electron chi connectivity index (χ3n) is 4.62. The van der Waals surface area contributed by atoms with Crippen molar-refractivity contribution in [1.82, 2.24) is 19.4 Å². The molecule has 0 spiro atoms. The van der Waals surface area contributed by atoms with Gasteiger partial charge in [-0.1, -0.05) is 24.3 Å². The van der Waals surface area contributed by atoms with Gasteiger partial charge in [-0.25, -0.2) is 0 Å². The largest absolute Gasteiger partial charge is 0.346 e. The number of hydrogen-bond acceptors (Lipinski definition) is 3. The minimum atomic E-state index is -0.229.